The highest BCUT2D eigenvalue weighted by Crippen LogP contribution is 2.29. The summed E-state index contributed by atoms with van der Waals surface area (Å²) in [7, 11) is 0. The minimum Gasteiger partial charge on any atom is -0.493 e. The molecule has 2 heterocycles. The van der Waals surface area contributed by atoms with Gasteiger partial charge in [0.2, 0.25) is 0 Å². The van der Waals surface area contributed by atoms with Crippen LogP contribution in [0.5, 0.6) is 5.75 Å². The average Bonchev–Trinajstić information content (AvgIpc) is 2.66. The molecule has 1 aromatic carbocycles. The van der Waals surface area contributed by atoms with Crippen LogP contribution in [0.15, 0.2) is 30.3 Å². The van der Waals surface area contributed by atoms with Gasteiger partial charge in [-0.05, 0) is 49.4 Å². The van der Waals surface area contributed by atoms with Crippen molar-refractivity contribution in [1.82, 2.24) is 4.98 Å². The second-order valence-electron chi connectivity index (χ2n) is 7.36. The number of hydrogen-bond donors (Lipinski definition) is 1. The SMILES string of the molecule is CC(C)COc1cc(F)cc(-c2ccc(C(N)=O)c(N3CCCCC3)n2)c1. The molecule has 27 heavy (non-hydrogen) atoms. The van der Waals surface area contributed by atoms with Crippen LogP contribution in [-0.4, -0.2) is 30.6 Å². The molecule has 0 aliphatic carbocycles. The molecular formula is C21H26FN3O2. The number of amides is 1. The van der Waals surface area contributed by atoms with E-state index in [9.17, 15) is 9.18 Å². The molecule has 1 fully saturated rings. The normalized spacial score (nSPS) is 14.4. The van der Waals surface area contributed by atoms with E-state index in [4.69, 9.17) is 10.5 Å². The Morgan fingerprint density at radius 3 is 2.63 bits per heavy atom. The first-order valence-electron chi connectivity index (χ1n) is 9.43. The number of benzene rings is 1. The molecule has 6 heteroatoms. The molecule has 5 nitrogen and oxygen atoms in total. The van der Waals surface area contributed by atoms with Crippen molar-refractivity contribution in [2.45, 2.75) is 33.1 Å². The number of piperidine rings is 1. The minimum atomic E-state index is -0.505. The minimum absolute atomic E-state index is 0.343. The number of aromatic nitrogens is 1. The van der Waals surface area contributed by atoms with E-state index >= 15 is 0 Å². The van der Waals surface area contributed by atoms with Crippen molar-refractivity contribution in [3.8, 4) is 17.0 Å². The molecule has 0 bridgehead atoms. The number of nitrogens with zero attached hydrogens (tertiary/aromatic N) is 2. The zero-order valence-corrected chi connectivity index (χ0v) is 15.9. The fourth-order valence-electron chi connectivity index (χ4n) is 3.21. The average molecular weight is 371 g/mol. The Morgan fingerprint density at radius 2 is 1.96 bits per heavy atom. The Kier molecular flexibility index (Phi) is 5.94. The second kappa shape index (κ2) is 8.37. The molecular weight excluding hydrogens is 345 g/mol. The molecule has 1 aliphatic heterocycles. The molecule has 0 saturated carbocycles. The second-order valence-corrected chi connectivity index (χ2v) is 7.36. The van der Waals surface area contributed by atoms with Gasteiger partial charge in [-0.1, -0.05) is 13.8 Å². The van der Waals surface area contributed by atoms with Crippen LogP contribution in [0.25, 0.3) is 11.3 Å². The molecule has 3 rings (SSSR count). The molecule has 1 amide bonds. The quantitative estimate of drug-likeness (QED) is 0.833. The van der Waals surface area contributed by atoms with Gasteiger partial charge in [-0.2, -0.15) is 0 Å². The summed E-state index contributed by atoms with van der Waals surface area (Å²) in [6.45, 7) is 6.26. The fourth-order valence-corrected chi connectivity index (χ4v) is 3.21. The number of ether oxygens (including phenoxy) is 1. The van der Waals surface area contributed by atoms with Gasteiger partial charge in [0.05, 0.1) is 17.9 Å². The lowest BCUT2D eigenvalue weighted by Gasteiger charge is -2.29. The molecule has 0 unspecified atom stereocenters. The predicted molar refractivity (Wildman–Crippen MR) is 105 cm³/mol. The van der Waals surface area contributed by atoms with Gasteiger partial charge in [-0.3, -0.25) is 4.79 Å². The van der Waals surface area contributed by atoms with Gasteiger partial charge < -0.3 is 15.4 Å². The number of pyridine rings is 1. The van der Waals surface area contributed by atoms with E-state index in [1.165, 1.54) is 18.6 Å². The molecule has 1 aliphatic rings. The van der Waals surface area contributed by atoms with Crippen molar-refractivity contribution >= 4 is 11.7 Å². The largest absolute Gasteiger partial charge is 0.493 e. The van der Waals surface area contributed by atoms with E-state index in [-0.39, 0.29) is 5.82 Å². The van der Waals surface area contributed by atoms with Crippen molar-refractivity contribution in [2.75, 3.05) is 24.6 Å². The molecule has 0 spiro atoms. The zero-order chi connectivity index (χ0) is 19.4. The maximum absolute atomic E-state index is 14.1. The lowest BCUT2D eigenvalue weighted by Crippen LogP contribution is -2.32. The Bertz CT molecular complexity index is 817. The third-order valence-corrected chi connectivity index (χ3v) is 4.55. The number of rotatable bonds is 6. The van der Waals surface area contributed by atoms with E-state index in [1.807, 2.05) is 13.8 Å². The molecule has 1 saturated heterocycles. The number of hydrogen-bond acceptors (Lipinski definition) is 4. The highest BCUT2D eigenvalue weighted by atomic mass is 19.1. The Balaban J connectivity index is 1.97. The smallest absolute Gasteiger partial charge is 0.252 e. The van der Waals surface area contributed by atoms with Crippen LogP contribution in [0.4, 0.5) is 10.2 Å². The van der Waals surface area contributed by atoms with E-state index < -0.39 is 5.91 Å². The maximum atomic E-state index is 14.1. The lowest BCUT2D eigenvalue weighted by atomic mass is 10.1. The summed E-state index contributed by atoms with van der Waals surface area (Å²) in [5, 5.41) is 0. The summed E-state index contributed by atoms with van der Waals surface area (Å²) in [4.78, 5) is 18.6. The molecule has 144 valence electrons. The van der Waals surface area contributed by atoms with E-state index in [0.717, 1.165) is 25.9 Å². The van der Waals surface area contributed by atoms with Crippen LogP contribution in [0.2, 0.25) is 0 Å². The molecule has 2 N–H and O–H groups in total. The third kappa shape index (κ3) is 4.76. The van der Waals surface area contributed by atoms with Crippen LogP contribution in [0.1, 0.15) is 43.5 Å². The Morgan fingerprint density at radius 1 is 1.22 bits per heavy atom. The number of anilines is 1. The van der Waals surface area contributed by atoms with Gasteiger partial charge >= 0.3 is 0 Å². The van der Waals surface area contributed by atoms with Crippen LogP contribution in [0.3, 0.4) is 0 Å². The lowest BCUT2D eigenvalue weighted by molar-refractivity contribution is 0.100. The topological polar surface area (TPSA) is 68.5 Å². The predicted octanol–water partition coefficient (Wildman–Crippen LogP) is 4.01. The zero-order valence-electron chi connectivity index (χ0n) is 15.9. The third-order valence-electron chi connectivity index (χ3n) is 4.55. The summed E-state index contributed by atoms with van der Waals surface area (Å²) in [6, 6.07) is 7.95. The highest BCUT2D eigenvalue weighted by Gasteiger charge is 2.20. The van der Waals surface area contributed by atoms with Crippen molar-refractivity contribution in [3.05, 3.63) is 41.7 Å². The highest BCUT2D eigenvalue weighted by molar-refractivity contribution is 5.98. The Hall–Kier alpha value is -2.63. The van der Waals surface area contributed by atoms with E-state index in [2.05, 4.69) is 9.88 Å². The van der Waals surface area contributed by atoms with Crippen LogP contribution in [0, 0.1) is 11.7 Å². The van der Waals surface area contributed by atoms with Crippen molar-refractivity contribution in [1.29, 1.82) is 0 Å². The summed E-state index contributed by atoms with van der Waals surface area (Å²) in [5.41, 5.74) is 7.14. The number of nitrogens with two attached hydrogens (primary N) is 1. The van der Waals surface area contributed by atoms with E-state index in [1.54, 1.807) is 18.2 Å². The van der Waals surface area contributed by atoms with Gasteiger partial charge in [0.1, 0.15) is 17.4 Å². The first-order chi connectivity index (χ1) is 12.9. The first kappa shape index (κ1) is 19.1. The summed E-state index contributed by atoms with van der Waals surface area (Å²) >= 11 is 0. The van der Waals surface area contributed by atoms with Crippen molar-refractivity contribution in [3.63, 3.8) is 0 Å². The van der Waals surface area contributed by atoms with Gasteiger partial charge in [0.25, 0.3) is 5.91 Å². The fraction of sp³-hybridized carbons (Fsp3) is 0.429. The summed E-state index contributed by atoms with van der Waals surface area (Å²) in [6.07, 6.45) is 3.27. The number of primary amides is 1. The van der Waals surface area contributed by atoms with Gasteiger partial charge in [0, 0.05) is 24.7 Å². The maximum Gasteiger partial charge on any atom is 0.252 e. The van der Waals surface area contributed by atoms with Gasteiger partial charge in [0.15, 0.2) is 0 Å². The summed E-state index contributed by atoms with van der Waals surface area (Å²) < 4.78 is 19.8. The van der Waals surface area contributed by atoms with Crippen LogP contribution >= 0.6 is 0 Å². The van der Waals surface area contributed by atoms with Gasteiger partial charge in [-0.15, -0.1) is 0 Å². The van der Waals surface area contributed by atoms with Crippen molar-refractivity contribution in [2.24, 2.45) is 11.7 Å². The van der Waals surface area contributed by atoms with E-state index in [0.29, 0.717) is 40.9 Å². The van der Waals surface area contributed by atoms with Crippen molar-refractivity contribution < 1.29 is 13.9 Å². The molecule has 1 aromatic heterocycles. The monoisotopic (exact) mass is 371 g/mol. The van der Waals surface area contributed by atoms with Crippen LogP contribution in [-0.2, 0) is 0 Å². The Labute approximate surface area is 159 Å². The number of carbonyl (C=O) groups is 1. The van der Waals surface area contributed by atoms with Gasteiger partial charge in [-0.25, -0.2) is 9.37 Å². The van der Waals surface area contributed by atoms with Crippen LogP contribution < -0.4 is 15.4 Å². The number of carbonyl (C=O) groups excluding carboxylic acids is 1. The molecule has 0 atom stereocenters. The standard InChI is InChI=1S/C21H26FN3O2/c1-14(2)13-27-17-11-15(10-16(22)12-17)19-7-6-18(20(23)26)21(24-19)25-8-4-3-5-9-25/h6-7,10-12,14H,3-5,8-9,13H2,1-2H3,(H2,23,26). The summed E-state index contributed by atoms with van der Waals surface area (Å²) in [5.74, 6) is 0.504. The number of halogens is 1. The molecule has 0 radical (unpaired) electrons. The first-order valence-corrected chi connectivity index (χ1v) is 9.43. The molecule has 2 aromatic rings.